The molecule has 2 rings (SSSR count). The van der Waals surface area contributed by atoms with E-state index in [1.165, 1.54) is 6.20 Å². The predicted octanol–water partition coefficient (Wildman–Crippen LogP) is 4.44. The van der Waals surface area contributed by atoms with Gasteiger partial charge in [0.15, 0.2) is 0 Å². The fourth-order valence-corrected chi connectivity index (χ4v) is 2.31. The van der Waals surface area contributed by atoms with E-state index in [1.54, 1.807) is 12.3 Å². The molecule has 1 N–H and O–H groups in total. The Morgan fingerprint density at radius 1 is 1.37 bits per heavy atom. The number of carbonyl (C=O) groups excluding carboxylic acids is 1. The molecule has 0 aliphatic heterocycles. The van der Waals surface area contributed by atoms with E-state index in [0.717, 1.165) is 11.3 Å². The summed E-state index contributed by atoms with van der Waals surface area (Å²) in [5.74, 6) is -0.243. The predicted molar refractivity (Wildman–Crippen MR) is 81.0 cm³/mol. The number of hydrogen-bond donors (Lipinski definition) is 1. The van der Waals surface area contributed by atoms with E-state index in [1.807, 2.05) is 31.2 Å². The van der Waals surface area contributed by atoms with E-state index in [2.05, 4.69) is 26.2 Å². The summed E-state index contributed by atoms with van der Waals surface area (Å²) in [6, 6.07) is 9.23. The second kappa shape index (κ2) is 6.17. The second-order valence-corrected chi connectivity index (χ2v) is 5.79. The molecule has 0 saturated heterocycles. The van der Waals surface area contributed by atoms with Crippen LogP contribution in [0.1, 0.15) is 27.7 Å². The molecule has 98 valence electrons. The van der Waals surface area contributed by atoms with Crippen LogP contribution in [0.5, 0.6) is 0 Å². The molecule has 0 bridgehead atoms. The molecule has 0 aliphatic carbocycles. The first kappa shape index (κ1) is 14.0. The molecule has 1 aromatic heterocycles. The second-order valence-electron chi connectivity index (χ2n) is 4.01. The molecular weight excluding hydrogens is 328 g/mol. The third kappa shape index (κ3) is 3.33. The van der Waals surface area contributed by atoms with Crippen LogP contribution < -0.4 is 5.32 Å². The van der Waals surface area contributed by atoms with Crippen molar-refractivity contribution in [2.24, 2.45) is 0 Å². The van der Waals surface area contributed by atoms with Crippen LogP contribution in [0.3, 0.4) is 0 Å². The Balaban J connectivity index is 2.27. The maximum Gasteiger partial charge on any atom is 0.257 e. The van der Waals surface area contributed by atoms with Gasteiger partial charge >= 0.3 is 0 Å². The zero-order chi connectivity index (χ0) is 13.8. The highest BCUT2D eigenvalue weighted by Gasteiger charge is 2.13. The molecule has 1 heterocycles. The van der Waals surface area contributed by atoms with E-state index in [0.29, 0.717) is 10.6 Å². The molecule has 5 heteroatoms. The van der Waals surface area contributed by atoms with Gasteiger partial charge in [-0.05, 0) is 24.6 Å². The number of hydrogen-bond acceptors (Lipinski definition) is 2. The fraction of sp³-hybridized carbons (Fsp3) is 0.143. The van der Waals surface area contributed by atoms with E-state index in [4.69, 9.17) is 11.6 Å². The maximum atomic E-state index is 12.2. The average Bonchev–Trinajstić information content (AvgIpc) is 2.39. The van der Waals surface area contributed by atoms with Crippen molar-refractivity contribution >= 4 is 39.1 Å². The molecule has 0 saturated carbocycles. The maximum absolute atomic E-state index is 12.2. The van der Waals surface area contributed by atoms with Crippen LogP contribution in [0.15, 0.2) is 42.7 Å². The van der Waals surface area contributed by atoms with Gasteiger partial charge in [0.05, 0.1) is 10.6 Å². The molecule has 0 fully saturated rings. The lowest BCUT2D eigenvalue weighted by molar-refractivity contribution is 0.102. The Morgan fingerprint density at radius 2 is 2.11 bits per heavy atom. The van der Waals surface area contributed by atoms with E-state index >= 15 is 0 Å². The number of nitrogens with zero attached hydrogens (tertiary/aromatic N) is 1. The van der Waals surface area contributed by atoms with Gasteiger partial charge in [-0.2, -0.15) is 0 Å². The molecular formula is C14H12BrClN2O. The first-order valence-electron chi connectivity index (χ1n) is 5.73. The van der Waals surface area contributed by atoms with Gasteiger partial charge in [-0.1, -0.05) is 45.7 Å². The third-order valence-electron chi connectivity index (χ3n) is 2.65. The standard InChI is InChI=1S/C14H12BrClN2O/c1-9(15)10-4-2-3-5-13(10)18-14(19)11-6-7-17-8-12(11)16/h2-9H,1H3,(H,18,19). The molecule has 19 heavy (non-hydrogen) atoms. The minimum absolute atomic E-state index is 0.150. The van der Waals surface area contributed by atoms with Gasteiger partial charge in [-0.25, -0.2) is 0 Å². The topological polar surface area (TPSA) is 42.0 Å². The quantitative estimate of drug-likeness (QED) is 0.840. The summed E-state index contributed by atoms with van der Waals surface area (Å²) in [4.78, 5) is 16.2. The molecule has 0 aliphatic rings. The van der Waals surface area contributed by atoms with Gasteiger partial charge in [0.1, 0.15) is 0 Å². The van der Waals surface area contributed by atoms with Gasteiger partial charge in [0.25, 0.3) is 5.91 Å². The van der Waals surface area contributed by atoms with Crippen LogP contribution in [0.25, 0.3) is 0 Å². The lowest BCUT2D eigenvalue weighted by Gasteiger charge is -2.13. The highest BCUT2D eigenvalue weighted by atomic mass is 79.9. The lowest BCUT2D eigenvalue weighted by Crippen LogP contribution is -2.14. The van der Waals surface area contributed by atoms with Gasteiger partial charge in [0.2, 0.25) is 0 Å². The highest BCUT2D eigenvalue weighted by Crippen LogP contribution is 2.29. The average molecular weight is 340 g/mol. The van der Waals surface area contributed by atoms with Crippen LogP contribution in [-0.4, -0.2) is 10.9 Å². The van der Waals surface area contributed by atoms with Gasteiger partial charge < -0.3 is 5.32 Å². The van der Waals surface area contributed by atoms with Crippen molar-refractivity contribution in [1.82, 2.24) is 4.98 Å². The van der Waals surface area contributed by atoms with Crippen molar-refractivity contribution in [3.8, 4) is 0 Å². The molecule has 1 atom stereocenters. The van der Waals surface area contributed by atoms with E-state index in [-0.39, 0.29) is 10.7 Å². The number of para-hydroxylation sites is 1. The third-order valence-corrected chi connectivity index (χ3v) is 3.45. The Kier molecular flexibility index (Phi) is 4.56. The van der Waals surface area contributed by atoms with Crippen molar-refractivity contribution in [2.45, 2.75) is 11.8 Å². The number of carbonyl (C=O) groups is 1. The molecule has 1 amide bonds. The summed E-state index contributed by atoms with van der Waals surface area (Å²) in [6.07, 6.45) is 3.00. The molecule has 2 aromatic rings. The zero-order valence-electron chi connectivity index (χ0n) is 10.2. The van der Waals surface area contributed by atoms with Gasteiger partial charge in [-0.15, -0.1) is 0 Å². The van der Waals surface area contributed by atoms with Crippen molar-refractivity contribution < 1.29 is 4.79 Å². The number of pyridine rings is 1. The molecule has 0 radical (unpaired) electrons. The number of amides is 1. The minimum atomic E-state index is -0.243. The monoisotopic (exact) mass is 338 g/mol. The molecule has 1 aromatic carbocycles. The Bertz CT molecular complexity index is 602. The first-order chi connectivity index (χ1) is 9.09. The van der Waals surface area contributed by atoms with E-state index < -0.39 is 0 Å². The largest absolute Gasteiger partial charge is 0.322 e. The van der Waals surface area contributed by atoms with Crippen LogP contribution in [0.4, 0.5) is 5.69 Å². The molecule has 1 unspecified atom stereocenters. The Morgan fingerprint density at radius 3 is 2.79 bits per heavy atom. The number of anilines is 1. The number of halogens is 2. The lowest BCUT2D eigenvalue weighted by atomic mass is 10.1. The van der Waals surface area contributed by atoms with Crippen molar-refractivity contribution in [1.29, 1.82) is 0 Å². The van der Waals surface area contributed by atoms with Crippen molar-refractivity contribution in [3.63, 3.8) is 0 Å². The highest BCUT2D eigenvalue weighted by molar-refractivity contribution is 9.09. The molecule has 3 nitrogen and oxygen atoms in total. The number of aromatic nitrogens is 1. The smallest absolute Gasteiger partial charge is 0.257 e. The molecule has 0 spiro atoms. The SMILES string of the molecule is CC(Br)c1ccccc1NC(=O)c1ccncc1Cl. The summed E-state index contributed by atoms with van der Waals surface area (Å²) in [5, 5.41) is 3.21. The normalized spacial score (nSPS) is 11.9. The number of alkyl halides is 1. The first-order valence-corrected chi connectivity index (χ1v) is 7.03. The van der Waals surface area contributed by atoms with Crippen LogP contribution in [0.2, 0.25) is 5.02 Å². The Hall–Kier alpha value is -1.39. The number of nitrogens with one attached hydrogen (secondary N) is 1. The van der Waals surface area contributed by atoms with Crippen molar-refractivity contribution in [3.05, 3.63) is 58.9 Å². The van der Waals surface area contributed by atoms with Crippen LogP contribution in [-0.2, 0) is 0 Å². The summed E-state index contributed by atoms with van der Waals surface area (Å²) >= 11 is 9.46. The summed E-state index contributed by atoms with van der Waals surface area (Å²) < 4.78 is 0. The van der Waals surface area contributed by atoms with Crippen molar-refractivity contribution in [2.75, 3.05) is 5.32 Å². The summed E-state index contributed by atoms with van der Waals surface area (Å²) in [7, 11) is 0. The zero-order valence-corrected chi connectivity index (χ0v) is 12.6. The van der Waals surface area contributed by atoms with Crippen LogP contribution in [0, 0.1) is 0 Å². The van der Waals surface area contributed by atoms with Gasteiger partial charge in [0, 0.05) is 22.9 Å². The Labute approximate surface area is 125 Å². The van der Waals surface area contributed by atoms with E-state index in [9.17, 15) is 4.79 Å². The fourth-order valence-electron chi connectivity index (χ4n) is 1.71. The van der Waals surface area contributed by atoms with Gasteiger partial charge in [-0.3, -0.25) is 9.78 Å². The summed E-state index contributed by atoms with van der Waals surface area (Å²) in [6.45, 7) is 2.00. The number of benzene rings is 1. The minimum Gasteiger partial charge on any atom is -0.322 e. The summed E-state index contributed by atoms with van der Waals surface area (Å²) in [5.41, 5.74) is 2.19. The number of rotatable bonds is 3. The van der Waals surface area contributed by atoms with Crippen LogP contribution >= 0.6 is 27.5 Å².